The van der Waals surface area contributed by atoms with Gasteiger partial charge in [0.15, 0.2) is 0 Å². The molecule has 0 radical (unpaired) electrons. The number of benzene rings is 2. The smallest absolute Gasteiger partial charge is 0.149 e. The molecule has 0 aliphatic carbocycles. The van der Waals surface area contributed by atoms with Gasteiger partial charge in [-0.25, -0.2) is 9.37 Å². The summed E-state index contributed by atoms with van der Waals surface area (Å²) in [5.41, 5.74) is 2.20. The van der Waals surface area contributed by atoms with Crippen molar-refractivity contribution in [3.05, 3.63) is 65.6 Å². The largest absolute Gasteiger partial charge is 0.233 e. The summed E-state index contributed by atoms with van der Waals surface area (Å²) in [4.78, 5) is 4.05. The van der Waals surface area contributed by atoms with Crippen LogP contribution >= 0.6 is 11.6 Å². The Morgan fingerprint density at radius 3 is 2.50 bits per heavy atom. The van der Waals surface area contributed by atoms with E-state index in [1.54, 1.807) is 12.1 Å². The summed E-state index contributed by atoms with van der Waals surface area (Å²) in [6.07, 6.45) is 0. The number of pyridine rings is 1. The lowest BCUT2D eigenvalue weighted by molar-refractivity contribution is 0.637. The Labute approximate surface area is 109 Å². The van der Waals surface area contributed by atoms with Gasteiger partial charge in [-0.1, -0.05) is 54.1 Å². The fourth-order valence-electron chi connectivity index (χ4n) is 2.04. The van der Waals surface area contributed by atoms with E-state index >= 15 is 0 Å². The summed E-state index contributed by atoms with van der Waals surface area (Å²) < 4.78 is 13.7. The van der Waals surface area contributed by atoms with Crippen LogP contribution in [0.3, 0.4) is 0 Å². The molecule has 1 nitrogen and oxygen atoms in total. The van der Waals surface area contributed by atoms with E-state index in [-0.39, 0.29) is 5.82 Å². The van der Waals surface area contributed by atoms with Gasteiger partial charge < -0.3 is 0 Å². The summed E-state index contributed by atoms with van der Waals surface area (Å²) in [5, 5.41) is 1.07. The Morgan fingerprint density at radius 2 is 1.72 bits per heavy atom. The third kappa shape index (κ3) is 1.85. The first kappa shape index (κ1) is 11.2. The van der Waals surface area contributed by atoms with Gasteiger partial charge >= 0.3 is 0 Å². The van der Waals surface area contributed by atoms with Gasteiger partial charge in [0, 0.05) is 5.39 Å². The fourth-order valence-corrected chi connectivity index (χ4v) is 2.23. The second-order valence-electron chi connectivity index (χ2n) is 3.99. The predicted octanol–water partition coefficient (Wildman–Crippen LogP) is 4.69. The number of rotatable bonds is 1. The van der Waals surface area contributed by atoms with Crippen molar-refractivity contribution in [1.29, 1.82) is 0 Å². The molecule has 0 saturated carbocycles. The van der Waals surface area contributed by atoms with Crippen molar-refractivity contribution in [2.75, 3.05) is 0 Å². The van der Waals surface area contributed by atoms with Crippen molar-refractivity contribution < 1.29 is 4.39 Å². The molecule has 0 bridgehead atoms. The van der Waals surface area contributed by atoms with Crippen LogP contribution in [0.2, 0.25) is 5.15 Å². The van der Waals surface area contributed by atoms with Gasteiger partial charge in [-0.2, -0.15) is 0 Å². The molecule has 2 aromatic carbocycles. The van der Waals surface area contributed by atoms with Crippen LogP contribution in [0.25, 0.3) is 22.0 Å². The van der Waals surface area contributed by atoms with E-state index in [0.29, 0.717) is 10.7 Å². The molecular weight excluding hydrogens is 249 g/mol. The maximum absolute atomic E-state index is 13.7. The van der Waals surface area contributed by atoms with Crippen LogP contribution in [0.15, 0.2) is 54.6 Å². The molecule has 1 heterocycles. The standard InChI is InChI=1S/C15H9ClFN/c16-14-9-12(10-5-2-1-3-6-10)11-7-4-8-13(17)15(11)18-14/h1-9H. The molecule has 3 rings (SSSR count). The van der Waals surface area contributed by atoms with Crippen LogP contribution < -0.4 is 0 Å². The van der Waals surface area contributed by atoms with E-state index in [1.165, 1.54) is 6.07 Å². The van der Waals surface area contributed by atoms with Crippen molar-refractivity contribution in [3.8, 4) is 11.1 Å². The predicted molar refractivity (Wildman–Crippen MR) is 72.1 cm³/mol. The third-order valence-electron chi connectivity index (χ3n) is 2.84. The second kappa shape index (κ2) is 4.39. The average molecular weight is 258 g/mol. The number of hydrogen-bond acceptors (Lipinski definition) is 1. The number of hydrogen-bond donors (Lipinski definition) is 0. The second-order valence-corrected chi connectivity index (χ2v) is 4.38. The van der Waals surface area contributed by atoms with Crippen LogP contribution in [0, 0.1) is 5.82 Å². The first-order valence-electron chi connectivity index (χ1n) is 5.56. The Balaban J connectivity index is 2.39. The van der Waals surface area contributed by atoms with Gasteiger partial charge in [-0.05, 0) is 23.3 Å². The highest BCUT2D eigenvalue weighted by molar-refractivity contribution is 6.30. The summed E-state index contributed by atoms with van der Waals surface area (Å²) in [7, 11) is 0. The zero-order chi connectivity index (χ0) is 12.5. The molecule has 0 spiro atoms. The Hall–Kier alpha value is -1.93. The van der Waals surface area contributed by atoms with Crippen molar-refractivity contribution in [3.63, 3.8) is 0 Å². The van der Waals surface area contributed by atoms with Gasteiger partial charge in [0.25, 0.3) is 0 Å². The lowest BCUT2D eigenvalue weighted by Crippen LogP contribution is -1.89. The van der Waals surface area contributed by atoms with Crippen LogP contribution in [-0.4, -0.2) is 4.98 Å². The lowest BCUT2D eigenvalue weighted by atomic mass is 10.0. The fraction of sp³-hybridized carbons (Fsp3) is 0. The topological polar surface area (TPSA) is 12.9 Å². The van der Waals surface area contributed by atoms with E-state index in [2.05, 4.69) is 4.98 Å². The first-order valence-corrected chi connectivity index (χ1v) is 5.94. The zero-order valence-electron chi connectivity index (χ0n) is 9.40. The molecule has 3 aromatic rings. The molecule has 3 heteroatoms. The molecule has 0 unspecified atom stereocenters. The van der Waals surface area contributed by atoms with Crippen molar-refractivity contribution in [2.45, 2.75) is 0 Å². The lowest BCUT2D eigenvalue weighted by Gasteiger charge is -2.07. The molecule has 0 atom stereocenters. The summed E-state index contributed by atoms with van der Waals surface area (Å²) in [5.74, 6) is -0.354. The Morgan fingerprint density at radius 1 is 0.944 bits per heavy atom. The minimum atomic E-state index is -0.354. The third-order valence-corrected chi connectivity index (χ3v) is 3.04. The van der Waals surface area contributed by atoms with Crippen molar-refractivity contribution in [1.82, 2.24) is 4.98 Å². The maximum atomic E-state index is 13.7. The van der Waals surface area contributed by atoms with E-state index in [0.717, 1.165) is 16.5 Å². The normalized spacial score (nSPS) is 10.8. The van der Waals surface area contributed by atoms with Crippen LogP contribution in [0.5, 0.6) is 0 Å². The molecule has 0 fully saturated rings. The molecule has 0 saturated heterocycles. The number of halogens is 2. The zero-order valence-corrected chi connectivity index (χ0v) is 10.2. The molecular formula is C15H9ClFN. The van der Waals surface area contributed by atoms with Crippen LogP contribution in [-0.2, 0) is 0 Å². The van der Waals surface area contributed by atoms with E-state index in [1.807, 2.05) is 36.4 Å². The quantitative estimate of drug-likeness (QED) is 0.576. The molecule has 18 heavy (non-hydrogen) atoms. The number of fused-ring (bicyclic) bond motifs is 1. The van der Waals surface area contributed by atoms with E-state index in [9.17, 15) is 4.39 Å². The Bertz CT molecular complexity index is 710. The summed E-state index contributed by atoms with van der Waals surface area (Å²) in [6, 6.07) is 16.4. The molecule has 1 aromatic heterocycles. The maximum Gasteiger partial charge on any atom is 0.149 e. The minimum Gasteiger partial charge on any atom is -0.233 e. The van der Waals surface area contributed by atoms with Gasteiger partial charge in [0.2, 0.25) is 0 Å². The van der Waals surface area contributed by atoms with Gasteiger partial charge in [-0.15, -0.1) is 0 Å². The highest BCUT2D eigenvalue weighted by Gasteiger charge is 2.09. The first-order chi connectivity index (χ1) is 8.75. The van der Waals surface area contributed by atoms with Gasteiger partial charge in [0.1, 0.15) is 16.5 Å². The minimum absolute atomic E-state index is 0.298. The van der Waals surface area contributed by atoms with E-state index < -0.39 is 0 Å². The monoisotopic (exact) mass is 257 g/mol. The SMILES string of the molecule is Fc1cccc2c(-c3ccccc3)cc(Cl)nc12. The van der Waals surface area contributed by atoms with Gasteiger partial charge in [-0.3, -0.25) is 0 Å². The number of nitrogens with zero attached hydrogens (tertiary/aromatic N) is 1. The molecule has 0 aliphatic rings. The molecule has 88 valence electrons. The van der Waals surface area contributed by atoms with Crippen LogP contribution in [0.1, 0.15) is 0 Å². The highest BCUT2D eigenvalue weighted by atomic mass is 35.5. The number of aromatic nitrogens is 1. The van der Waals surface area contributed by atoms with E-state index in [4.69, 9.17) is 11.6 Å². The highest BCUT2D eigenvalue weighted by Crippen LogP contribution is 2.30. The molecule has 0 N–H and O–H groups in total. The molecule has 0 aliphatic heterocycles. The Kier molecular flexibility index (Phi) is 2.73. The van der Waals surface area contributed by atoms with Crippen molar-refractivity contribution in [2.24, 2.45) is 0 Å². The average Bonchev–Trinajstić information content (AvgIpc) is 2.40. The van der Waals surface area contributed by atoms with Crippen molar-refractivity contribution >= 4 is 22.5 Å². The summed E-state index contributed by atoms with van der Waals surface area (Å²) >= 11 is 5.97. The molecule has 0 amide bonds. The number of para-hydroxylation sites is 1. The van der Waals surface area contributed by atoms with Crippen LogP contribution in [0.4, 0.5) is 4.39 Å². The summed E-state index contributed by atoms with van der Waals surface area (Å²) in [6.45, 7) is 0. The van der Waals surface area contributed by atoms with Gasteiger partial charge in [0.05, 0.1) is 0 Å².